The van der Waals surface area contributed by atoms with Gasteiger partial charge in [0, 0.05) is 18.3 Å². The number of ether oxygens (including phenoxy) is 1. The number of hydrogen-bond acceptors (Lipinski definition) is 4. The number of anilines is 2. The molecule has 1 aromatic heterocycles. The Balaban J connectivity index is 1.77. The largest absolute Gasteiger partial charge is 0.399 e. The Morgan fingerprint density at radius 1 is 1.47 bits per heavy atom. The molecule has 1 unspecified atom stereocenters. The minimum Gasteiger partial charge on any atom is -0.399 e. The number of nitrogens with two attached hydrogens (primary N) is 1. The number of hydrogen-bond donors (Lipinski definition) is 3. The Morgan fingerprint density at radius 3 is 3.11 bits per heavy atom. The number of nitrogens with zero attached hydrogens (tertiary/aromatic N) is 1. The summed E-state index contributed by atoms with van der Waals surface area (Å²) in [5.74, 6) is 0.809. The highest BCUT2D eigenvalue weighted by molar-refractivity contribution is 5.80. The van der Waals surface area contributed by atoms with E-state index in [-0.39, 0.29) is 5.60 Å². The summed E-state index contributed by atoms with van der Waals surface area (Å²) >= 11 is 0. The van der Waals surface area contributed by atoms with Gasteiger partial charge in [-0.05, 0) is 44.9 Å². The molecule has 0 spiro atoms. The Morgan fingerprint density at radius 2 is 2.32 bits per heavy atom. The fourth-order valence-electron chi connectivity index (χ4n) is 2.64. The van der Waals surface area contributed by atoms with Crippen molar-refractivity contribution in [2.24, 2.45) is 0 Å². The predicted molar refractivity (Wildman–Crippen MR) is 77.2 cm³/mol. The number of aromatic amines is 1. The van der Waals surface area contributed by atoms with Crippen molar-refractivity contribution in [1.82, 2.24) is 9.97 Å². The van der Waals surface area contributed by atoms with Crippen LogP contribution in [-0.4, -0.2) is 28.2 Å². The lowest BCUT2D eigenvalue weighted by atomic mass is 9.94. The van der Waals surface area contributed by atoms with Crippen molar-refractivity contribution < 1.29 is 4.74 Å². The highest BCUT2D eigenvalue weighted by Gasteiger charge is 2.29. The number of rotatable bonds is 2. The van der Waals surface area contributed by atoms with Crippen LogP contribution < -0.4 is 11.1 Å². The molecule has 1 fully saturated rings. The van der Waals surface area contributed by atoms with Gasteiger partial charge in [-0.15, -0.1) is 0 Å². The summed E-state index contributed by atoms with van der Waals surface area (Å²) in [7, 11) is 0. The quantitative estimate of drug-likeness (QED) is 0.725. The smallest absolute Gasteiger partial charge is 0.201 e. The first-order chi connectivity index (χ1) is 9.02. The second-order valence-corrected chi connectivity index (χ2v) is 5.80. The van der Waals surface area contributed by atoms with E-state index in [0.717, 1.165) is 42.1 Å². The maximum absolute atomic E-state index is 5.77. The standard InChI is InChI=1S/C14H20N4O/c1-14(2)8-10(5-6-19-14)16-13-17-11-4-3-9(15)7-12(11)18-13/h3-4,7,10H,5-6,8,15H2,1-2H3,(H2,16,17,18). The van der Waals surface area contributed by atoms with Gasteiger partial charge < -0.3 is 20.8 Å². The van der Waals surface area contributed by atoms with E-state index in [1.807, 2.05) is 18.2 Å². The topological polar surface area (TPSA) is 76.0 Å². The van der Waals surface area contributed by atoms with Crippen LogP contribution in [0.25, 0.3) is 11.0 Å². The number of H-pyrrole nitrogens is 1. The number of nitrogens with one attached hydrogen (secondary N) is 2. The lowest BCUT2D eigenvalue weighted by Gasteiger charge is -2.35. The lowest BCUT2D eigenvalue weighted by Crippen LogP contribution is -2.40. The summed E-state index contributed by atoms with van der Waals surface area (Å²) < 4.78 is 5.72. The molecule has 3 rings (SSSR count). The van der Waals surface area contributed by atoms with Crippen LogP contribution in [-0.2, 0) is 4.74 Å². The van der Waals surface area contributed by atoms with Gasteiger partial charge in [-0.2, -0.15) is 0 Å². The van der Waals surface area contributed by atoms with Crippen LogP contribution in [0.2, 0.25) is 0 Å². The number of nitrogen functional groups attached to an aromatic ring is 1. The predicted octanol–water partition coefficient (Wildman–Crippen LogP) is 2.51. The number of benzene rings is 1. The van der Waals surface area contributed by atoms with Crippen LogP contribution >= 0.6 is 0 Å². The van der Waals surface area contributed by atoms with Crippen LogP contribution in [0.1, 0.15) is 26.7 Å². The molecular formula is C14H20N4O. The first-order valence-corrected chi connectivity index (χ1v) is 6.68. The van der Waals surface area contributed by atoms with Gasteiger partial charge in [-0.3, -0.25) is 0 Å². The monoisotopic (exact) mass is 260 g/mol. The Kier molecular flexibility index (Phi) is 2.86. The fourth-order valence-corrected chi connectivity index (χ4v) is 2.64. The molecule has 0 radical (unpaired) electrons. The van der Waals surface area contributed by atoms with Gasteiger partial charge in [0.2, 0.25) is 5.95 Å². The lowest BCUT2D eigenvalue weighted by molar-refractivity contribution is -0.0553. The van der Waals surface area contributed by atoms with Crippen molar-refractivity contribution in [2.45, 2.75) is 38.3 Å². The van der Waals surface area contributed by atoms with Crippen LogP contribution in [0.5, 0.6) is 0 Å². The SMILES string of the molecule is CC1(C)CC(Nc2nc3ccc(N)cc3[nH]2)CCO1. The summed E-state index contributed by atoms with van der Waals surface area (Å²) in [5.41, 5.74) is 8.35. The summed E-state index contributed by atoms with van der Waals surface area (Å²) in [6.45, 7) is 5.04. The molecule has 0 bridgehead atoms. The molecule has 5 nitrogen and oxygen atoms in total. The van der Waals surface area contributed by atoms with Crippen LogP contribution in [0, 0.1) is 0 Å². The van der Waals surface area contributed by atoms with Crippen molar-refractivity contribution in [3.8, 4) is 0 Å². The van der Waals surface area contributed by atoms with Crippen LogP contribution in [0.4, 0.5) is 11.6 Å². The van der Waals surface area contributed by atoms with Crippen molar-refractivity contribution in [2.75, 3.05) is 17.7 Å². The summed E-state index contributed by atoms with van der Waals surface area (Å²) in [6, 6.07) is 6.09. The van der Waals surface area contributed by atoms with E-state index in [4.69, 9.17) is 10.5 Å². The molecule has 102 valence electrons. The fraction of sp³-hybridized carbons (Fsp3) is 0.500. The van der Waals surface area contributed by atoms with Gasteiger partial charge in [-0.25, -0.2) is 4.98 Å². The maximum Gasteiger partial charge on any atom is 0.201 e. The van der Waals surface area contributed by atoms with Crippen molar-refractivity contribution >= 4 is 22.7 Å². The van der Waals surface area contributed by atoms with Gasteiger partial charge in [0.15, 0.2) is 0 Å². The minimum absolute atomic E-state index is 0.0631. The third kappa shape index (κ3) is 2.66. The molecule has 0 aliphatic carbocycles. The second-order valence-electron chi connectivity index (χ2n) is 5.80. The molecule has 1 aromatic carbocycles. The molecule has 1 aliphatic rings. The molecular weight excluding hydrogens is 240 g/mol. The van der Waals surface area contributed by atoms with E-state index in [2.05, 4.69) is 29.1 Å². The van der Waals surface area contributed by atoms with E-state index >= 15 is 0 Å². The Bertz CT molecular complexity index is 590. The third-order valence-corrected chi connectivity index (χ3v) is 3.54. The molecule has 5 heteroatoms. The van der Waals surface area contributed by atoms with E-state index in [9.17, 15) is 0 Å². The van der Waals surface area contributed by atoms with Gasteiger partial charge in [0.05, 0.1) is 16.6 Å². The van der Waals surface area contributed by atoms with E-state index in [0.29, 0.717) is 6.04 Å². The average molecular weight is 260 g/mol. The Labute approximate surface area is 112 Å². The summed E-state index contributed by atoms with van der Waals surface area (Å²) in [6.07, 6.45) is 1.98. The zero-order chi connectivity index (χ0) is 13.5. The number of imidazole rings is 1. The first-order valence-electron chi connectivity index (χ1n) is 6.68. The average Bonchev–Trinajstić information content (AvgIpc) is 2.68. The van der Waals surface area contributed by atoms with Crippen molar-refractivity contribution in [3.63, 3.8) is 0 Å². The van der Waals surface area contributed by atoms with E-state index < -0.39 is 0 Å². The zero-order valence-electron chi connectivity index (χ0n) is 11.4. The number of aromatic nitrogens is 2. The molecule has 1 atom stereocenters. The maximum atomic E-state index is 5.77. The Hall–Kier alpha value is -1.75. The van der Waals surface area contributed by atoms with Gasteiger partial charge in [-0.1, -0.05) is 0 Å². The third-order valence-electron chi connectivity index (χ3n) is 3.54. The van der Waals surface area contributed by atoms with Crippen molar-refractivity contribution in [1.29, 1.82) is 0 Å². The number of fused-ring (bicyclic) bond motifs is 1. The zero-order valence-corrected chi connectivity index (χ0v) is 11.4. The molecule has 0 amide bonds. The molecule has 1 saturated heterocycles. The molecule has 0 saturated carbocycles. The molecule has 19 heavy (non-hydrogen) atoms. The normalized spacial score (nSPS) is 22.5. The van der Waals surface area contributed by atoms with E-state index in [1.54, 1.807) is 0 Å². The van der Waals surface area contributed by atoms with Crippen LogP contribution in [0.15, 0.2) is 18.2 Å². The first kappa shape index (κ1) is 12.3. The highest BCUT2D eigenvalue weighted by Crippen LogP contribution is 2.26. The van der Waals surface area contributed by atoms with Crippen LogP contribution in [0.3, 0.4) is 0 Å². The van der Waals surface area contributed by atoms with Gasteiger partial charge in [0.1, 0.15) is 0 Å². The molecule has 1 aliphatic heterocycles. The van der Waals surface area contributed by atoms with Gasteiger partial charge in [0.25, 0.3) is 0 Å². The second kappa shape index (κ2) is 4.42. The summed E-state index contributed by atoms with van der Waals surface area (Å²) in [5, 5.41) is 3.46. The van der Waals surface area contributed by atoms with E-state index in [1.165, 1.54) is 0 Å². The highest BCUT2D eigenvalue weighted by atomic mass is 16.5. The molecule has 2 heterocycles. The van der Waals surface area contributed by atoms with Gasteiger partial charge >= 0.3 is 0 Å². The molecule has 2 aromatic rings. The minimum atomic E-state index is -0.0631. The summed E-state index contributed by atoms with van der Waals surface area (Å²) in [4.78, 5) is 7.80. The molecule has 4 N–H and O–H groups in total. The van der Waals surface area contributed by atoms with Crippen molar-refractivity contribution in [3.05, 3.63) is 18.2 Å².